The van der Waals surface area contributed by atoms with Crippen LogP contribution in [-0.4, -0.2) is 25.8 Å². The lowest BCUT2D eigenvalue weighted by Gasteiger charge is -2.09. The molecule has 0 saturated heterocycles. The molecule has 2 N–H and O–H groups in total. The van der Waals surface area contributed by atoms with E-state index in [9.17, 15) is 4.79 Å². The number of hydrogen-bond acceptors (Lipinski definition) is 4. The van der Waals surface area contributed by atoms with Gasteiger partial charge in [-0.2, -0.15) is 0 Å². The van der Waals surface area contributed by atoms with Gasteiger partial charge in [-0.05, 0) is 6.07 Å². The van der Waals surface area contributed by atoms with Gasteiger partial charge in [0.1, 0.15) is 0 Å². The van der Waals surface area contributed by atoms with Gasteiger partial charge in [-0.3, -0.25) is 4.79 Å². The molecule has 1 heterocycles. The second-order valence-corrected chi connectivity index (χ2v) is 4.77. The van der Waals surface area contributed by atoms with E-state index in [-0.39, 0.29) is 18.6 Å². The summed E-state index contributed by atoms with van der Waals surface area (Å²) in [5.41, 5.74) is 1.07. The summed E-state index contributed by atoms with van der Waals surface area (Å²) in [5.74, 6) is 1.73. The summed E-state index contributed by atoms with van der Waals surface area (Å²) in [5, 5.41) is 6.14. The molecule has 0 bridgehead atoms. The lowest BCUT2D eigenvalue weighted by atomic mass is 10.2. The van der Waals surface area contributed by atoms with E-state index < -0.39 is 0 Å². The first-order chi connectivity index (χ1) is 9.18. The predicted octanol–water partition coefficient (Wildman–Crippen LogP) is 1.28. The van der Waals surface area contributed by atoms with Crippen LogP contribution < -0.4 is 20.1 Å². The number of fused-ring (bicyclic) bond motifs is 1. The molecule has 0 unspecified atom stereocenters. The van der Waals surface area contributed by atoms with Crippen LogP contribution in [0, 0.1) is 5.92 Å². The Morgan fingerprint density at radius 1 is 1.32 bits per heavy atom. The Kier molecular flexibility index (Phi) is 4.63. The molecule has 0 fully saturated rings. The minimum absolute atomic E-state index is 0.0305. The summed E-state index contributed by atoms with van der Waals surface area (Å²) in [6, 6.07) is 5.85. The van der Waals surface area contributed by atoms with Crippen LogP contribution in [0.4, 0.5) is 0 Å². The van der Waals surface area contributed by atoms with Crippen LogP contribution >= 0.6 is 0 Å². The summed E-state index contributed by atoms with van der Waals surface area (Å²) in [7, 11) is 0. The van der Waals surface area contributed by atoms with Crippen molar-refractivity contribution in [1.82, 2.24) is 10.6 Å². The van der Waals surface area contributed by atoms with E-state index in [1.807, 2.05) is 32.0 Å². The number of nitrogens with one attached hydrogen (secondary N) is 2. The maximum Gasteiger partial charge on any atom is 0.231 e. The SMILES string of the molecule is CC(C)C(=O)NCCNCc1cccc2c1OCO2. The highest BCUT2D eigenvalue weighted by atomic mass is 16.7. The quantitative estimate of drug-likeness (QED) is 0.760. The van der Waals surface area contributed by atoms with Crippen molar-refractivity contribution in [2.24, 2.45) is 5.92 Å². The van der Waals surface area contributed by atoms with Crippen molar-refractivity contribution in [1.29, 1.82) is 0 Å². The van der Waals surface area contributed by atoms with Crippen molar-refractivity contribution in [2.75, 3.05) is 19.9 Å². The molecule has 1 aliphatic rings. The Labute approximate surface area is 113 Å². The van der Waals surface area contributed by atoms with E-state index >= 15 is 0 Å². The van der Waals surface area contributed by atoms with Gasteiger partial charge in [0.05, 0.1) is 0 Å². The van der Waals surface area contributed by atoms with Crippen LogP contribution in [0.2, 0.25) is 0 Å². The standard InChI is InChI=1S/C14H20N2O3/c1-10(2)14(17)16-7-6-15-8-11-4-3-5-12-13(11)19-9-18-12/h3-5,10,15H,6-9H2,1-2H3,(H,16,17). The summed E-state index contributed by atoms with van der Waals surface area (Å²) >= 11 is 0. The molecule has 2 rings (SSSR count). The molecule has 19 heavy (non-hydrogen) atoms. The Balaban J connectivity index is 1.72. The summed E-state index contributed by atoms with van der Waals surface area (Å²) < 4.78 is 10.7. The fourth-order valence-electron chi connectivity index (χ4n) is 1.83. The molecule has 0 atom stereocenters. The number of carbonyl (C=O) groups excluding carboxylic acids is 1. The minimum Gasteiger partial charge on any atom is -0.454 e. The first kappa shape index (κ1) is 13.7. The lowest BCUT2D eigenvalue weighted by molar-refractivity contribution is -0.123. The van der Waals surface area contributed by atoms with Crippen molar-refractivity contribution in [2.45, 2.75) is 20.4 Å². The van der Waals surface area contributed by atoms with Crippen LogP contribution in [0.3, 0.4) is 0 Å². The highest BCUT2D eigenvalue weighted by Crippen LogP contribution is 2.34. The molecule has 5 heteroatoms. The van der Waals surface area contributed by atoms with Gasteiger partial charge in [0, 0.05) is 31.1 Å². The number of para-hydroxylation sites is 1. The van der Waals surface area contributed by atoms with Gasteiger partial charge >= 0.3 is 0 Å². The molecule has 104 valence electrons. The fourth-order valence-corrected chi connectivity index (χ4v) is 1.83. The van der Waals surface area contributed by atoms with E-state index in [2.05, 4.69) is 10.6 Å². The summed E-state index contributed by atoms with van der Waals surface area (Å²) in [6.45, 7) is 6.11. The number of amides is 1. The summed E-state index contributed by atoms with van der Waals surface area (Å²) in [4.78, 5) is 11.4. The van der Waals surface area contributed by atoms with E-state index in [0.29, 0.717) is 13.1 Å². The van der Waals surface area contributed by atoms with Crippen LogP contribution in [0.1, 0.15) is 19.4 Å². The number of hydrogen-bond donors (Lipinski definition) is 2. The molecule has 1 aromatic rings. The molecule has 5 nitrogen and oxygen atoms in total. The fraction of sp³-hybridized carbons (Fsp3) is 0.500. The molecule has 0 aliphatic carbocycles. The Morgan fingerprint density at radius 2 is 2.16 bits per heavy atom. The molecule has 1 amide bonds. The van der Waals surface area contributed by atoms with Gasteiger partial charge in [0.15, 0.2) is 11.5 Å². The zero-order valence-corrected chi connectivity index (χ0v) is 11.4. The van der Waals surface area contributed by atoms with E-state index in [4.69, 9.17) is 9.47 Å². The third-order valence-electron chi connectivity index (χ3n) is 2.92. The highest BCUT2D eigenvalue weighted by Gasteiger charge is 2.16. The average molecular weight is 264 g/mol. The third kappa shape index (κ3) is 3.61. The zero-order valence-electron chi connectivity index (χ0n) is 11.4. The monoisotopic (exact) mass is 264 g/mol. The molecular formula is C14H20N2O3. The first-order valence-corrected chi connectivity index (χ1v) is 6.54. The largest absolute Gasteiger partial charge is 0.454 e. The maximum atomic E-state index is 11.4. The van der Waals surface area contributed by atoms with Crippen molar-refractivity contribution in [3.8, 4) is 11.5 Å². The maximum absolute atomic E-state index is 11.4. The molecule has 1 aromatic carbocycles. The van der Waals surface area contributed by atoms with E-state index in [1.54, 1.807) is 0 Å². The Hall–Kier alpha value is -1.75. The van der Waals surface area contributed by atoms with E-state index in [1.165, 1.54) is 0 Å². The summed E-state index contributed by atoms with van der Waals surface area (Å²) in [6.07, 6.45) is 0. The number of benzene rings is 1. The number of carbonyl (C=O) groups is 1. The number of ether oxygens (including phenoxy) is 2. The van der Waals surface area contributed by atoms with Gasteiger partial charge in [-0.1, -0.05) is 26.0 Å². The van der Waals surface area contributed by atoms with Crippen LogP contribution in [0.25, 0.3) is 0 Å². The average Bonchev–Trinajstić information content (AvgIpc) is 2.87. The van der Waals surface area contributed by atoms with Crippen LogP contribution in [0.15, 0.2) is 18.2 Å². The number of rotatable bonds is 6. The third-order valence-corrected chi connectivity index (χ3v) is 2.92. The predicted molar refractivity (Wildman–Crippen MR) is 72.1 cm³/mol. The molecule has 0 spiro atoms. The Morgan fingerprint density at radius 3 is 2.95 bits per heavy atom. The normalized spacial score (nSPS) is 12.8. The topological polar surface area (TPSA) is 59.6 Å². The molecule has 0 radical (unpaired) electrons. The molecular weight excluding hydrogens is 244 g/mol. The van der Waals surface area contributed by atoms with Gasteiger partial charge in [0.2, 0.25) is 12.7 Å². The molecule has 0 saturated carbocycles. The molecule has 0 aromatic heterocycles. The van der Waals surface area contributed by atoms with Gasteiger partial charge < -0.3 is 20.1 Å². The smallest absolute Gasteiger partial charge is 0.231 e. The van der Waals surface area contributed by atoms with Crippen LogP contribution in [0.5, 0.6) is 11.5 Å². The Bertz CT molecular complexity index is 446. The lowest BCUT2D eigenvalue weighted by Crippen LogP contribution is -2.34. The van der Waals surface area contributed by atoms with E-state index in [0.717, 1.165) is 23.6 Å². The van der Waals surface area contributed by atoms with Crippen LogP contribution in [-0.2, 0) is 11.3 Å². The van der Waals surface area contributed by atoms with Crippen molar-refractivity contribution >= 4 is 5.91 Å². The van der Waals surface area contributed by atoms with Crippen molar-refractivity contribution < 1.29 is 14.3 Å². The highest BCUT2D eigenvalue weighted by molar-refractivity contribution is 5.77. The second kappa shape index (κ2) is 6.43. The second-order valence-electron chi connectivity index (χ2n) is 4.77. The first-order valence-electron chi connectivity index (χ1n) is 6.54. The minimum atomic E-state index is 0.0305. The van der Waals surface area contributed by atoms with Gasteiger partial charge in [0.25, 0.3) is 0 Å². The van der Waals surface area contributed by atoms with Crippen molar-refractivity contribution in [3.05, 3.63) is 23.8 Å². The van der Waals surface area contributed by atoms with Gasteiger partial charge in [-0.25, -0.2) is 0 Å². The van der Waals surface area contributed by atoms with Gasteiger partial charge in [-0.15, -0.1) is 0 Å². The molecule has 1 aliphatic heterocycles. The zero-order chi connectivity index (χ0) is 13.7. The van der Waals surface area contributed by atoms with Crippen molar-refractivity contribution in [3.63, 3.8) is 0 Å².